The SMILES string of the molecule is CCc1nc(C(NCCOC)c2cccc(Cl)c2)sc1C. The van der Waals surface area contributed by atoms with Gasteiger partial charge in [0.05, 0.1) is 18.3 Å². The molecule has 1 unspecified atom stereocenters. The lowest BCUT2D eigenvalue weighted by Crippen LogP contribution is -2.26. The Labute approximate surface area is 135 Å². The number of aryl methyl sites for hydroxylation is 2. The van der Waals surface area contributed by atoms with Crippen LogP contribution in [-0.2, 0) is 11.2 Å². The van der Waals surface area contributed by atoms with Gasteiger partial charge in [-0.05, 0) is 31.0 Å². The maximum Gasteiger partial charge on any atom is 0.115 e. The van der Waals surface area contributed by atoms with E-state index >= 15 is 0 Å². The van der Waals surface area contributed by atoms with Gasteiger partial charge in [0.25, 0.3) is 0 Å². The van der Waals surface area contributed by atoms with Gasteiger partial charge in [0.1, 0.15) is 5.01 Å². The molecule has 0 fully saturated rings. The Kier molecular flexibility index (Phi) is 6.18. The zero-order chi connectivity index (χ0) is 15.2. The summed E-state index contributed by atoms with van der Waals surface area (Å²) in [5.74, 6) is 0. The Bertz CT molecular complexity index is 585. The molecule has 114 valence electrons. The molecule has 0 aliphatic carbocycles. The third kappa shape index (κ3) is 4.27. The van der Waals surface area contributed by atoms with Gasteiger partial charge in [-0.2, -0.15) is 0 Å². The van der Waals surface area contributed by atoms with Crippen molar-refractivity contribution in [3.8, 4) is 0 Å². The molecule has 1 aromatic carbocycles. The van der Waals surface area contributed by atoms with E-state index in [1.807, 2.05) is 18.2 Å². The Balaban J connectivity index is 2.30. The first-order chi connectivity index (χ1) is 10.2. The largest absolute Gasteiger partial charge is 0.383 e. The number of thiazole rings is 1. The van der Waals surface area contributed by atoms with Crippen LogP contribution in [0.1, 0.15) is 34.1 Å². The monoisotopic (exact) mass is 324 g/mol. The Morgan fingerprint density at radius 2 is 2.24 bits per heavy atom. The smallest absolute Gasteiger partial charge is 0.115 e. The van der Waals surface area contributed by atoms with Gasteiger partial charge in [-0.1, -0.05) is 30.7 Å². The topological polar surface area (TPSA) is 34.2 Å². The van der Waals surface area contributed by atoms with Crippen molar-refractivity contribution in [2.75, 3.05) is 20.3 Å². The van der Waals surface area contributed by atoms with Gasteiger partial charge in [-0.3, -0.25) is 0 Å². The average molecular weight is 325 g/mol. The Hall–Kier alpha value is -0.940. The first-order valence-electron chi connectivity index (χ1n) is 7.09. The molecule has 0 aliphatic rings. The lowest BCUT2D eigenvalue weighted by atomic mass is 10.1. The molecule has 5 heteroatoms. The number of ether oxygens (including phenoxy) is 1. The fourth-order valence-electron chi connectivity index (χ4n) is 2.24. The van der Waals surface area contributed by atoms with Gasteiger partial charge in [-0.25, -0.2) is 4.98 Å². The minimum Gasteiger partial charge on any atom is -0.383 e. The summed E-state index contributed by atoms with van der Waals surface area (Å²) in [6, 6.07) is 8.00. The van der Waals surface area contributed by atoms with Crippen LogP contribution in [0.2, 0.25) is 5.02 Å². The first-order valence-corrected chi connectivity index (χ1v) is 8.29. The van der Waals surface area contributed by atoms with E-state index in [1.165, 1.54) is 10.6 Å². The number of nitrogens with one attached hydrogen (secondary N) is 1. The normalized spacial score (nSPS) is 12.6. The van der Waals surface area contributed by atoms with E-state index in [0.717, 1.165) is 28.6 Å². The number of aromatic nitrogens is 1. The summed E-state index contributed by atoms with van der Waals surface area (Å²) in [5, 5.41) is 5.34. The first kappa shape index (κ1) is 16.4. The standard InChI is InChI=1S/C16H21ClN2OS/c1-4-14-11(2)21-16(19-14)15(18-8-9-20-3)12-6-5-7-13(17)10-12/h5-7,10,15,18H,4,8-9H2,1-3H3. The predicted octanol–water partition coefficient (Wildman–Crippen LogP) is 3.99. The molecule has 1 heterocycles. The highest BCUT2D eigenvalue weighted by Crippen LogP contribution is 2.29. The van der Waals surface area contributed by atoms with Crippen molar-refractivity contribution in [3.05, 3.63) is 50.4 Å². The van der Waals surface area contributed by atoms with Crippen molar-refractivity contribution in [1.82, 2.24) is 10.3 Å². The number of nitrogens with zero attached hydrogens (tertiary/aromatic N) is 1. The van der Waals surface area contributed by atoms with Gasteiger partial charge in [-0.15, -0.1) is 11.3 Å². The highest BCUT2D eigenvalue weighted by Gasteiger charge is 2.19. The maximum atomic E-state index is 6.13. The van der Waals surface area contributed by atoms with Gasteiger partial charge in [0.15, 0.2) is 0 Å². The average Bonchev–Trinajstić information content (AvgIpc) is 2.84. The molecule has 0 saturated carbocycles. The summed E-state index contributed by atoms with van der Waals surface area (Å²) in [6.45, 7) is 5.71. The van der Waals surface area contributed by atoms with Crippen molar-refractivity contribution >= 4 is 22.9 Å². The number of halogens is 1. The second kappa shape index (κ2) is 7.90. The summed E-state index contributed by atoms with van der Waals surface area (Å²) >= 11 is 7.88. The summed E-state index contributed by atoms with van der Waals surface area (Å²) in [7, 11) is 1.71. The van der Waals surface area contributed by atoms with Crippen LogP contribution in [0, 0.1) is 6.92 Å². The molecule has 1 aromatic heterocycles. The fraction of sp³-hybridized carbons (Fsp3) is 0.438. The van der Waals surface area contributed by atoms with E-state index in [-0.39, 0.29) is 6.04 Å². The van der Waals surface area contributed by atoms with Crippen LogP contribution in [0.3, 0.4) is 0 Å². The minimum atomic E-state index is 0.0582. The van der Waals surface area contributed by atoms with Gasteiger partial charge in [0.2, 0.25) is 0 Å². The van der Waals surface area contributed by atoms with E-state index in [2.05, 4.69) is 25.2 Å². The van der Waals surface area contributed by atoms with Crippen molar-refractivity contribution in [3.63, 3.8) is 0 Å². The third-order valence-electron chi connectivity index (χ3n) is 3.33. The summed E-state index contributed by atoms with van der Waals surface area (Å²) < 4.78 is 5.13. The Morgan fingerprint density at radius 1 is 1.43 bits per heavy atom. The Morgan fingerprint density at radius 3 is 2.86 bits per heavy atom. The van der Waals surface area contributed by atoms with Crippen LogP contribution in [-0.4, -0.2) is 25.2 Å². The zero-order valence-electron chi connectivity index (χ0n) is 12.6. The van der Waals surface area contributed by atoms with Crippen LogP contribution < -0.4 is 5.32 Å². The van der Waals surface area contributed by atoms with E-state index in [0.29, 0.717) is 6.61 Å². The van der Waals surface area contributed by atoms with E-state index in [1.54, 1.807) is 18.4 Å². The lowest BCUT2D eigenvalue weighted by molar-refractivity contribution is 0.197. The molecular formula is C16H21ClN2OS. The summed E-state index contributed by atoms with van der Waals surface area (Å²) in [4.78, 5) is 6.07. The molecule has 0 radical (unpaired) electrons. The fourth-order valence-corrected chi connectivity index (χ4v) is 3.55. The number of methoxy groups -OCH3 is 1. The molecule has 0 bridgehead atoms. The molecule has 3 nitrogen and oxygen atoms in total. The number of hydrogen-bond acceptors (Lipinski definition) is 4. The van der Waals surface area contributed by atoms with Crippen molar-refractivity contribution in [1.29, 1.82) is 0 Å². The highest BCUT2D eigenvalue weighted by atomic mass is 35.5. The molecular weight excluding hydrogens is 304 g/mol. The lowest BCUT2D eigenvalue weighted by Gasteiger charge is -2.17. The van der Waals surface area contributed by atoms with E-state index in [9.17, 15) is 0 Å². The molecule has 0 amide bonds. The van der Waals surface area contributed by atoms with Gasteiger partial charge >= 0.3 is 0 Å². The van der Waals surface area contributed by atoms with Crippen LogP contribution in [0.4, 0.5) is 0 Å². The van der Waals surface area contributed by atoms with E-state index < -0.39 is 0 Å². The number of rotatable bonds is 7. The highest BCUT2D eigenvalue weighted by molar-refractivity contribution is 7.11. The van der Waals surface area contributed by atoms with Crippen LogP contribution in [0.25, 0.3) is 0 Å². The van der Waals surface area contributed by atoms with Crippen molar-refractivity contribution < 1.29 is 4.74 Å². The molecule has 1 atom stereocenters. The van der Waals surface area contributed by atoms with Crippen LogP contribution in [0.15, 0.2) is 24.3 Å². The van der Waals surface area contributed by atoms with Crippen molar-refractivity contribution in [2.24, 2.45) is 0 Å². The molecule has 21 heavy (non-hydrogen) atoms. The maximum absolute atomic E-state index is 6.13. The van der Waals surface area contributed by atoms with Crippen LogP contribution >= 0.6 is 22.9 Å². The van der Waals surface area contributed by atoms with Crippen LogP contribution in [0.5, 0.6) is 0 Å². The second-order valence-corrected chi connectivity index (χ2v) is 6.51. The molecule has 0 spiro atoms. The molecule has 1 N–H and O–H groups in total. The number of benzene rings is 1. The predicted molar refractivity (Wildman–Crippen MR) is 89.4 cm³/mol. The number of hydrogen-bond donors (Lipinski definition) is 1. The third-order valence-corrected chi connectivity index (χ3v) is 4.64. The van der Waals surface area contributed by atoms with Gasteiger partial charge < -0.3 is 10.1 Å². The quantitative estimate of drug-likeness (QED) is 0.782. The minimum absolute atomic E-state index is 0.0582. The molecule has 2 rings (SSSR count). The second-order valence-electron chi connectivity index (χ2n) is 4.84. The summed E-state index contributed by atoms with van der Waals surface area (Å²) in [5.41, 5.74) is 2.31. The molecule has 0 aliphatic heterocycles. The molecule has 0 saturated heterocycles. The van der Waals surface area contributed by atoms with E-state index in [4.69, 9.17) is 21.3 Å². The molecule has 2 aromatic rings. The summed E-state index contributed by atoms with van der Waals surface area (Å²) in [6.07, 6.45) is 0.961. The van der Waals surface area contributed by atoms with Gasteiger partial charge in [0, 0.05) is 23.6 Å². The van der Waals surface area contributed by atoms with Crippen molar-refractivity contribution in [2.45, 2.75) is 26.3 Å². The zero-order valence-corrected chi connectivity index (χ0v) is 14.2.